The van der Waals surface area contributed by atoms with E-state index < -0.39 is 25.0 Å². The molecule has 10 heteroatoms. The Bertz CT molecular complexity index is 819. The Balaban J connectivity index is 2.24. The zero-order valence-electron chi connectivity index (χ0n) is 16.2. The zero-order valence-corrected chi connectivity index (χ0v) is 16.2. The van der Waals surface area contributed by atoms with Crippen LogP contribution in [0.5, 0.6) is 5.75 Å². The normalized spacial score (nSPS) is 17.9. The van der Waals surface area contributed by atoms with Gasteiger partial charge < -0.3 is 20.1 Å². The third-order valence-electron chi connectivity index (χ3n) is 4.29. The molecule has 0 radical (unpaired) electrons. The summed E-state index contributed by atoms with van der Waals surface area (Å²) in [5, 5.41) is 11.9. The Morgan fingerprint density at radius 1 is 1.31 bits per heavy atom. The fourth-order valence-corrected chi connectivity index (χ4v) is 2.85. The first kappa shape index (κ1) is 22.3. The maximum Gasteiger partial charge on any atom is 0.422 e. The highest BCUT2D eigenvalue weighted by Crippen LogP contribution is 2.30. The van der Waals surface area contributed by atoms with Gasteiger partial charge in [-0.2, -0.15) is 13.2 Å². The zero-order chi connectivity index (χ0) is 21.8. The Morgan fingerprint density at radius 2 is 1.93 bits per heavy atom. The second kappa shape index (κ2) is 8.97. The van der Waals surface area contributed by atoms with Gasteiger partial charge in [0.25, 0.3) is 0 Å². The van der Waals surface area contributed by atoms with E-state index in [0.29, 0.717) is 5.70 Å². The lowest BCUT2D eigenvalue weighted by Crippen LogP contribution is -2.49. The smallest absolute Gasteiger partial charge is 0.422 e. The minimum Gasteiger partial charge on any atom is -0.484 e. The first-order chi connectivity index (χ1) is 13.5. The minimum absolute atomic E-state index is 0.0752. The number of carboxylic acids is 1. The molecule has 0 aromatic heterocycles. The SMILES string of the molecule is CCC(=O)NC1N=C(C(=O)O)C=C(C)N1C(C)c1ccc(OCC(F)(F)F)cc1. The van der Waals surface area contributed by atoms with E-state index in [-0.39, 0.29) is 29.8 Å². The summed E-state index contributed by atoms with van der Waals surface area (Å²) < 4.78 is 41.5. The van der Waals surface area contributed by atoms with Crippen LogP contribution < -0.4 is 10.1 Å². The number of carbonyl (C=O) groups excluding carboxylic acids is 1. The van der Waals surface area contributed by atoms with E-state index in [1.807, 2.05) is 6.92 Å². The van der Waals surface area contributed by atoms with Gasteiger partial charge in [-0.15, -0.1) is 0 Å². The quantitative estimate of drug-likeness (QED) is 0.716. The van der Waals surface area contributed by atoms with E-state index in [1.54, 1.807) is 30.9 Å². The van der Waals surface area contributed by atoms with Crippen molar-refractivity contribution in [3.63, 3.8) is 0 Å². The molecule has 0 saturated heterocycles. The molecule has 1 aliphatic rings. The van der Waals surface area contributed by atoms with Gasteiger partial charge in [0.05, 0.1) is 6.04 Å². The molecule has 1 aromatic carbocycles. The van der Waals surface area contributed by atoms with Crippen molar-refractivity contribution in [2.24, 2.45) is 4.99 Å². The number of halogens is 3. The van der Waals surface area contributed by atoms with Crippen molar-refractivity contribution in [1.82, 2.24) is 10.2 Å². The lowest BCUT2D eigenvalue weighted by atomic mass is 10.0. The average Bonchev–Trinajstić information content (AvgIpc) is 2.65. The number of hydrogen-bond acceptors (Lipinski definition) is 5. The van der Waals surface area contributed by atoms with E-state index in [0.717, 1.165) is 5.56 Å². The Morgan fingerprint density at radius 3 is 2.45 bits per heavy atom. The number of carbonyl (C=O) groups is 2. The summed E-state index contributed by atoms with van der Waals surface area (Å²) in [6.45, 7) is 3.79. The monoisotopic (exact) mass is 413 g/mol. The minimum atomic E-state index is -4.42. The number of nitrogens with zero attached hydrogens (tertiary/aromatic N) is 2. The number of aliphatic carboxylic acids is 1. The number of ether oxygens (including phenoxy) is 1. The number of nitrogens with one attached hydrogen (secondary N) is 1. The number of allylic oxidation sites excluding steroid dienone is 1. The highest BCUT2D eigenvalue weighted by molar-refractivity contribution is 6.40. The van der Waals surface area contributed by atoms with Crippen LogP contribution in [0.1, 0.15) is 38.8 Å². The highest BCUT2D eigenvalue weighted by atomic mass is 19.4. The second-order valence-corrected chi connectivity index (χ2v) is 6.46. The number of amides is 1. The van der Waals surface area contributed by atoms with Crippen molar-refractivity contribution in [3.8, 4) is 5.75 Å². The summed E-state index contributed by atoms with van der Waals surface area (Å²) in [6, 6.07) is 5.71. The molecular weight excluding hydrogens is 391 g/mol. The van der Waals surface area contributed by atoms with Gasteiger partial charge in [-0.05, 0) is 37.6 Å². The Kier molecular flexibility index (Phi) is 6.89. The molecule has 0 saturated carbocycles. The van der Waals surface area contributed by atoms with Crippen molar-refractivity contribution in [2.75, 3.05) is 6.61 Å². The third kappa shape index (κ3) is 5.97. The van der Waals surface area contributed by atoms with Crippen LogP contribution in [0.3, 0.4) is 0 Å². The highest BCUT2D eigenvalue weighted by Gasteiger charge is 2.31. The predicted molar refractivity (Wildman–Crippen MR) is 99.3 cm³/mol. The summed E-state index contributed by atoms with van der Waals surface area (Å²) in [6.07, 6.45) is -3.75. The van der Waals surface area contributed by atoms with E-state index in [2.05, 4.69) is 10.3 Å². The number of hydrogen-bond donors (Lipinski definition) is 2. The molecule has 1 aromatic rings. The van der Waals surface area contributed by atoms with Crippen molar-refractivity contribution in [2.45, 2.75) is 45.7 Å². The largest absolute Gasteiger partial charge is 0.484 e. The molecule has 158 valence electrons. The lowest BCUT2D eigenvalue weighted by molar-refractivity contribution is -0.153. The van der Waals surface area contributed by atoms with Gasteiger partial charge in [0.15, 0.2) is 12.9 Å². The van der Waals surface area contributed by atoms with E-state index >= 15 is 0 Å². The fourth-order valence-electron chi connectivity index (χ4n) is 2.85. The van der Waals surface area contributed by atoms with E-state index in [1.165, 1.54) is 18.2 Å². The van der Waals surface area contributed by atoms with Crippen LogP contribution in [0.15, 0.2) is 41.0 Å². The molecule has 0 spiro atoms. The number of aliphatic imine (C=N–C) groups is 1. The average molecular weight is 413 g/mol. The number of benzene rings is 1. The molecule has 1 heterocycles. The molecule has 0 bridgehead atoms. The van der Waals surface area contributed by atoms with Gasteiger partial charge >= 0.3 is 12.1 Å². The van der Waals surface area contributed by atoms with E-state index in [4.69, 9.17) is 4.74 Å². The van der Waals surface area contributed by atoms with Crippen LogP contribution in [0.25, 0.3) is 0 Å². The van der Waals surface area contributed by atoms with Crippen LogP contribution in [-0.2, 0) is 9.59 Å². The summed E-state index contributed by atoms with van der Waals surface area (Å²) in [7, 11) is 0. The fraction of sp³-hybridized carbons (Fsp3) is 0.421. The van der Waals surface area contributed by atoms with E-state index in [9.17, 15) is 27.9 Å². The molecule has 2 atom stereocenters. The molecule has 29 heavy (non-hydrogen) atoms. The number of alkyl halides is 3. The van der Waals surface area contributed by atoms with Crippen LogP contribution in [0, 0.1) is 0 Å². The van der Waals surface area contributed by atoms with Gasteiger partial charge in [0, 0.05) is 12.1 Å². The van der Waals surface area contributed by atoms with Gasteiger partial charge in [-0.1, -0.05) is 19.1 Å². The van der Waals surface area contributed by atoms with Crippen LogP contribution >= 0.6 is 0 Å². The summed E-state index contributed by atoms with van der Waals surface area (Å²) in [5.41, 5.74) is 1.12. The number of carboxylic acid groups (broad SMARTS) is 1. The third-order valence-corrected chi connectivity index (χ3v) is 4.29. The Hall–Kier alpha value is -3.04. The molecule has 2 unspecified atom stereocenters. The van der Waals surface area contributed by atoms with Crippen LogP contribution in [0.4, 0.5) is 13.2 Å². The van der Waals surface area contributed by atoms with Gasteiger partial charge in [0.1, 0.15) is 11.5 Å². The van der Waals surface area contributed by atoms with Crippen molar-refractivity contribution in [3.05, 3.63) is 41.6 Å². The number of rotatable bonds is 7. The van der Waals surface area contributed by atoms with Gasteiger partial charge in [0.2, 0.25) is 5.91 Å². The molecule has 0 fully saturated rings. The van der Waals surface area contributed by atoms with Crippen molar-refractivity contribution >= 4 is 17.6 Å². The molecule has 7 nitrogen and oxygen atoms in total. The molecular formula is C19H22F3N3O4. The maximum absolute atomic E-state index is 12.3. The van der Waals surface area contributed by atoms with Crippen molar-refractivity contribution in [1.29, 1.82) is 0 Å². The first-order valence-electron chi connectivity index (χ1n) is 8.88. The summed E-state index contributed by atoms with van der Waals surface area (Å²) in [5.74, 6) is -1.43. The molecule has 1 aliphatic heterocycles. The summed E-state index contributed by atoms with van der Waals surface area (Å²) >= 11 is 0. The molecule has 0 aliphatic carbocycles. The second-order valence-electron chi connectivity index (χ2n) is 6.46. The molecule has 2 rings (SSSR count). The maximum atomic E-state index is 12.3. The predicted octanol–water partition coefficient (Wildman–Crippen LogP) is 3.24. The van der Waals surface area contributed by atoms with Gasteiger partial charge in [-0.3, -0.25) is 4.79 Å². The summed E-state index contributed by atoms with van der Waals surface area (Å²) in [4.78, 5) is 29.0. The van der Waals surface area contributed by atoms with Crippen molar-refractivity contribution < 1.29 is 32.6 Å². The standard InChI is InChI=1S/C19H22F3N3O4/c1-4-16(26)24-18-23-15(17(27)28)9-11(2)25(18)12(3)13-5-7-14(8-6-13)29-10-19(20,21)22/h5-9,12,18H,4,10H2,1-3H3,(H,24,26)(H,27,28). The molecule has 1 amide bonds. The first-order valence-corrected chi connectivity index (χ1v) is 8.88. The Labute approximate surface area is 165 Å². The lowest BCUT2D eigenvalue weighted by Gasteiger charge is -2.39. The van der Waals surface area contributed by atoms with Crippen LogP contribution in [0.2, 0.25) is 0 Å². The molecule has 2 N–H and O–H groups in total. The topological polar surface area (TPSA) is 91.2 Å². The van der Waals surface area contributed by atoms with Gasteiger partial charge in [-0.25, -0.2) is 9.79 Å². The van der Waals surface area contributed by atoms with Crippen LogP contribution in [-0.4, -0.2) is 46.7 Å².